The topological polar surface area (TPSA) is 25.0 Å². The van der Waals surface area contributed by atoms with Crippen LogP contribution in [-0.4, -0.2) is 4.98 Å². The summed E-state index contributed by atoms with van der Waals surface area (Å²) in [7, 11) is 0. The molecule has 0 aliphatic heterocycles. The minimum absolute atomic E-state index is 0.280. The highest BCUT2D eigenvalue weighted by atomic mass is 19.1. The Bertz CT molecular complexity index is 675. The second-order valence-corrected chi connectivity index (χ2v) is 4.08. The standard InChI is InChI=1S/C15H12FNO/c16-13-6-2-4-8-15(13)18-10-11-9-17-14-7-3-1-5-12(11)14/h1-9,17H,10H2. The van der Waals surface area contributed by atoms with Gasteiger partial charge in [-0.2, -0.15) is 0 Å². The van der Waals surface area contributed by atoms with Crippen molar-refractivity contribution < 1.29 is 9.13 Å². The zero-order valence-corrected chi connectivity index (χ0v) is 9.69. The number of rotatable bonds is 3. The van der Waals surface area contributed by atoms with Gasteiger partial charge in [-0.25, -0.2) is 4.39 Å². The molecule has 0 unspecified atom stereocenters. The third-order valence-corrected chi connectivity index (χ3v) is 2.89. The predicted octanol–water partition coefficient (Wildman–Crippen LogP) is 3.89. The second kappa shape index (κ2) is 4.53. The summed E-state index contributed by atoms with van der Waals surface area (Å²) in [5.41, 5.74) is 2.08. The fourth-order valence-electron chi connectivity index (χ4n) is 1.97. The Morgan fingerprint density at radius 2 is 1.78 bits per heavy atom. The number of hydrogen-bond acceptors (Lipinski definition) is 1. The first-order chi connectivity index (χ1) is 8.84. The van der Waals surface area contributed by atoms with Gasteiger partial charge < -0.3 is 9.72 Å². The summed E-state index contributed by atoms with van der Waals surface area (Å²) >= 11 is 0. The number of H-pyrrole nitrogens is 1. The number of para-hydroxylation sites is 2. The van der Waals surface area contributed by atoms with Gasteiger partial charge in [0, 0.05) is 22.7 Å². The van der Waals surface area contributed by atoms with Crippen molar-refractivity contribution in [1.82, 2.24) is 4.98 Å². The molecule has 0 saturated carbocycles. The molecule has 0 aliphatic rings. The lowest BCUT2D eigenvalue weighted by atomic mass is 10.2. The van der Waals surface area contributed by atoms with E-state index in [1.165, 1.54) is 6.07 Å². The second-order valence-electron chi connectivity index (χ2n) is 4.08. The first-order valence-corrected chi connectivity index (χ1v) is 5.77. The molecule has 0 radical (unpaired) electrons. The summed E-state index contributed by atoms with van der Waals surface area (Å²) in [5, 5.41) is 1.11. The Labute approximate surface area is 104 Å². The van der Waals surface area contributed by atoms with E-state index in [-0.39, 0.29) is 11.6 Å². The Morgan fingerprint density at radius 3 is 2.67 bits per heavy atom. The van der Waals surface area contributed by atoms with E-state index < -0.39 is 0 Å². The van der Waals surface area contributed by atoms with Crippen molar-refractivity contribution in [2.75, 3.05) is 0 Å². The van der Waals surface area contributed by atoms with Crippen molar-refractivity contribution in [3.05, 3.63) is 66.1 Å². The molecule has 1 aromatic heterocycles. The van der Waals surface area contributed by atoms with Crippen molar-refractivity contribution >= 4 is 10.9 Å². The van der Waals surface area contributed by atoms with E-state index in [0.717, 1.165) is 16.5 Å². The van der Waals surface area contributed by atoms with Crippen LogP contribution in [0.25, 0.3) is 10.9 Å². The summed E-state index contributed by atoms with van der Waals surface area (Å²) in [4.78, 5) is 3.17. The van der Waals surface area contributed by atoms with Crippen LogP contribution in [0.5, 0.6) is 5.75 Å². The Balaban J connectivity index is 1.83. The van der Waals surface area contributed by atoms with Gasteiger partial charge >= 0.3 is 0 Å². The molecule has 1 heterocycles. The van der Waals surface area contributed by atoms with Crippen molar-refractivity contribution in [3.8, 4) is 5.75 Å². The lowest BCUT2D eigenvalue weighted by Crippen LogP contribution is -1.96. The Kier molecular flexibility index (Phi) is 2.73. The number of nitrogens with one attached hydrogen (secondary N) is 1. The molecule has 1 N–H and O–H groups in total. The molecule has 0 spiro atoms. The largest absolute Gasteiger partial charge is 0.486 e. The minimum Gasteiger partial charge on any atom is -0.486 e. The van der Waals surface area contributed by atoms with Crippen LogP contribution >= 0.6 is 0 Å². The molecule has 2 aromatic carbocycles. The molecule has 18 heavy (non-hydrogen) atoms. The molecule has 0 fully saturated rings. The van der Waals surface area contributed by atoms with Crippen molar-refractivity contribution in [1.29, 1.82) is 0 Å². The van der Waals surface area contributed by atoms with Gasteiger partial charge in [0.15, 0.2) is 11.6 Å². The smallest absolute Gasteiger partial charge is 0.165 e. The summed E-state index contributed by atoms with van der Waals surface area (Å²) < 4.78 is 18.9. The van der Waals surface area contributed by atoms with Crippen LogP contribution in [-0.2, 0) is 6.61 Å². The molecule has 3 aromatic rings. The Morgan fingerprint density at radius 1 is 1.00 bits per heavy atom. The maximum Gasteiger partial charge on any atom is 0.165 e. The van der Waals surface area contributed by atoms with Gasteiger partial charge in [0.25, 0.3) is 0 Å². The van der Waals surface area contributed by atoms with E-state index in [1.54, 1.807) is 18.2 Å². The third-order valence-electron chi connectivity index (χ3n) is 2.89. The van der Waals surface area contributed by atoms with Crippen LogP contribution in [0.2, 0.25) is 0 Å². The van der Waals surface area contributed by atoms with Gasteiger partial charge in [-0.3, -0.25) is 0 Å². The number of ether oxygens (including phenoxy) is 1. The molecule has 0 bridgehead atoms. The van der Waals surface area contributed by atoms with E-state index in [4.69, 9.17) is 4.74 Å². The van der Waals surface area contributed by atoms with Gasteiger partial charge in [0.1, 0.15) is 6.61 Å². The average molecular weight is 241 g/mol. The van der Waals surface area contributed by atoms with E-state index in [1.807, 2.05) is 30.5 Å². The molecule has 3 rings (SSSR count). The number of aromatic nitrogens is 1. The third kappa shape index (κ3) is 1.95. The molecule has 2 nitrogen and oxygen atoms in total. The Hall–Kier alpha value is -2.29. The molecule has 0 atom stereocenters. The maximum atomic E-state index is 13.4. The van der Waals surface area contributed by atoms with Crippen molar-refractivity contribution in [2.45, 2.75) is 6.61 Å². The van der Waals surface area contributed by atoms with Crippen LogP contribution in [0.15, 0.2) is 54.7 Å². The van der Waals surface area contributed by atoms with Gasteiger partial charge in [0.2, 0.25) is 0 Å². The molecule has 0 aliphatic carbocycles. The summed E-state index contributed by atoms with van der Waals surface area (Å²) in [6.45, 7) is 0.352. The van der Waals surface area contributed by atoms with Gasteiger partial charge in [-0.15, -0.1) is 0 Å². The minimum atomic E-state index is -0.336. The van der Waals surface area contributed by atoms with Gasteiger partial charge in [0.05, 0.1) is 0 Å². The SMILES string of the molecule is Fc1ccccc1OCc1c[nH]c2ccccc12. The zero-order chi connectivity index (χ0) is 12.4. The van der Waals surface area contributed by atoms with Crippen LogP contribution in [0.4, 0.5) is 4.39 Å². The molecule has 3 heteroatoms. The van der Waals surface area contributed by atoms with Crippen LogP contribution in [0, 0.1) is 5.82 Å². The molecule has 0 amide bonds. The summed E-state index contributed by atoms with van der Waals surface area (Å²) in [5.74, 6) is -0.0554. The quantitative estimate of drug-likeness (QED) is 0.739. The maximum absolute atomic E-state index is 13.4. The average Bonchev–Trinajstić information content (AvgIpc) is 2.81. The number of aromatic amines is 1. The zero-order valence-electron chi connectivity index (χ0n) is 9.69. The molecule has 0 saturated heterocycles. The van der Waals surface area contributed by atoms with E-state index in [9.17, 15) is 4.39 Å². The van der Waals surface area contributed by atoms with Crippen LogP contribution in [0.1, 0.15) is 5.56 Å². The number of hydrogen-bond donors (Lipinski definition) is 1. The number of halogens is 1. The monoisotopic (exact) mass is 241 g/mol. The lowest BCUT2D eigenvalue weighted by molar-refractivity contribution is 0.291. The highest BCUT2D eigenvalue weighted by Gasteiger charge is 2.05. The van der Waals surface area contributed by atoms with E-state index in [0.29, 0.717) is 6.61 Å². The molecule has 90 valence electrons. The molecular weight excluding hydrogens is 229 g/mol. The van der Waals surface area contributed by atoms with E-state index in [2.05, 4.69) is 4.98 Å². The summed E-state index contributed by atoms with van der Waals surface area (Å²) in [6.07, 6.45) is 1.89. The van der Waals surface area contributed by atoms with Crippen LogP contribution in [0.3, 0.4) is 0 Å². The number of benzene rings is 2. The first kappa shape index (κ1) is 10.8. The van der Waals surface area contributed by atoms with Gasteiger partial charge in [-0.05, 0) is 18.2 Å². The lowest BCUT2D eigenvalue weighted by Gasteiger charge is -2.05. The molecular formula is C15H12FNO. The fourth-order valence-corrected chi connectivity index (χ4v) is 1.97. The highest BCUT2D eigenvalue weighted by molar-refractivity contribution is 5.82. The predicted molar refractivity (Wildman–Crippen MR) is 69.0 cm³/mol. The first-order valence-electron chi connectivity index (χ1n) is 5.77. The fraction of sp³-hybridized carbons (Fsp3) is 0.0667. The van der Waals surface area contributed by atoms with E-state index >= 15 is 0 Å². The summed E-state index contributed by atoms with van der Waals surface area (Å²) in [6, 6.07) is 14.4. The normalized spacial score (nSPS) is 10.7. The van der Waals surface area contributed by atoms with Gasteiger partial charge in [-0.1, -0.05) is 30.3 Å². The van der Waals surface area contributed by atoms with Crippen LogP contribution < -0.4 is 4.74 Å². The number of fused-ring (bicyclic) bond motifs is 1. The van der Waals surface area contributed by atoms with Crippen molar-refractivity contribution in [3.63, 3.8) is 0 Å². The highest BCUT2D eigenvalue weighted by Crippen LogP contribution is 2.21. The van der Waals surface area contributed by atoms with Crippen molar-refractivity contribution in [2.24, 2.45) is 0 Å².